The first-order valence-corrected chi connectivity index (χ1v) is 8.18. The Balaban J connectivity index is 0.00000140. The van der Waals surface area contributed by atoms with Gasteiger partial charge in [0.25, 0.3) is 0 Å². The van der Waals surface area contributed by atoms with E-state index in [-0.39, 0.29) is 42.4 Å². The summed E-state index contributed by atoms with van der Waals surface area (Å²) >= 11 is 0. The number of rotatable bonds is 3. The zero-order chi connectivity index (χ0) is 18.3. The molecule has 1 aliphatic carbocycles. The third kappa shape index (κ3) is 3.85. The van der Waals surface area contributed by atoms with Gasteiger partial charge in [0, 0.05) is 11.1 Å². The minimum Gasteiger partial charge on any atom is -0.384 e. The molecule has 0 atom stereocenters. The Hall–Kier alpha value is -2.90. The second kappa shape index (κ2) is 8.41. The van der Waals surface area contributed by atoms with E-state index in [0.717, 1.165) is 40.8 Å². The molecule has 0 unspecified atom stereocenters. The molecule has 28 heavy (non-hydrogen) atoms. The van der Waals surface area contributed by atoms with E-state index in [1.165, 1.54) is 12.1 Å². The van der Waals surface area contributed by atoms with Crippen LogP contribution in [0.4, 0.5) is 16.2 Å². The zero-order valence-electron chi connectivity index (χ0n) is 14.7. The topological polar surface area (TPSA) is 117 Å². The van der Waals surface area contributed by atoms with Crippen LogP contribution >= 0.6 is 24.8 Å². The molecule has 0 saturated heterocycles. The van der Waals surface area contributed by atoms with E-state index in [9.17, 15) is 4.39 Å². The monoisotopic (exact) mass is 420 g/mol. The third-order valence-electron chi connectivity index (χ3n) is 4.47. The van der Waals surface area contributed by atoms with Crippen LogP contribution in [0, 0.1) is 11.2 Å². The summed E-state index contributed by atoms with van der Waals surface area (Å²) in [5.74, 6) is 0.458. The van der Waals surface area contributed by atoms with Gasteiger partial charge in [-0.2, -0.15) is 4.98 Å². The van der Waals surface area contributed by atoms with E-state index in [1.807, 2.05) is 18.2 Å². The number of aromatic nitrogens is 2. The quantitative estimate of drug-likeness (QED) is 0.378. The van der Waals surface area contributed by atoms with Gasteiger partial charge in [-0.15, -0.1) is 24.8 Å². The van der Waals surface area contributed by atoms with Crippen molar-refractivity contribution in [3.8, 4) is 11.3 Å². The number of nitrogen functional groups attached to an aromatic ring is 2. The number of aliphatic imine (C=N–C) groups is 1. The first-order valence-electron chi connectivity index (χ1n) is 8.18. The molecule has 4 rings (SSSR count). The van der Waals surface area contributed by atoms with Crippen LogP contribution in [0.25, 0.3) is 11.3 Å². The highest BCUT2D eigenvalue weighted by Gasteiger charge is 2.22. The molecule has 0 radical (unpaired) electrons. The van der Waals surface area contributed by atoms with Gasteiger partial charge in [-0.25, -0.2) is 9.38 Å². The summed E-state index contributed by atoms with van der Waals surface area (Å²) in [6, 6.07) is 11.8. The lowest BCUT2D eigenvalue weighted by atomic mass is 10.0. The van der Waals surface area contributed by atoms with Crippen molar-refractivity contribution < 1.29 is 4.39 Å². The van der Waals surface area contributed by atoms with E-state index in [2.05, 4.69) is 9.97 Å². The predicted molar refractivity (Wildman–Crippen MR) is 115 cm³/mol. The van der Waals surface area contributed by atoms with Crippen LogP contribution in [0.1, 0.15) is 23.1 Å². The molecule has 146 valence electrons. The molecule has 0 aliphatic heterocycles. The van der Waals surface area contributed by atoms with Gasteiger partial charge in [0.1, 0.15) is 11.7 Å². The molecule has 1 aliphatic rings. The number of aromatic amines is 1. The molecule has 0 spiro atoms. The van der Waals surface area contributed by atoms with Crippen LogP contribution < -0.4 is 11.5 Å². The Morgan fingerprint density at radius 1 is 1.11 bits per heavy atom. The number of nitrogens with one attached hydrogen (secondary N) is 2. The highest BCUT2D eigenvalue weighted by molar-refractivity contribution is 6.09. The molecule has 0 bridgehead atoms. The Labute approximate surface area is 173 Å². The molecular formula is C19H19Cl2FN6. The second-order valence-corrected chi connectivity index (χ2v) is 6.13. The van der Waals surface area contributed by atoms with Gasteiger partial charge >= 0.3 is 0 Å². The van der Waals surface area contributed by atoms with Gasteiger partial charge in [0.05, 0.1) is 11.4 Å². The van der Waals surface area contributed by atoms with E-state index < -0.39 is 0 Å². The molecule has 3 aromatic rings. The summed E-state index contributed by atoms with van der Waals surface area (Å²) in [5.41, 5.74) is 16.5. The number of benzene rings is 2. The van der Waals surface area contributed by atoms with Crippen LogP contribution in [-0.2, 0) is 6.42 Å². The van der Waals surface area contributed by atoms with Crippen LogP contribution in [0.15, 0.2) is 47.5 Å². The van der Waals surface area contributed by atoms with Crippen molar-refractivity contribution >= 4 is 48.1 Å². The molecule has 1 aromatic heterocycles. The minimum absolute atomic E-state index is 0. The van der Waals surface area contributed by atoms with Crippen molar-refractivity contribution in [3.63, 3.8) is 0 Å². The van der Waals surface area contributed by atoms with Crippen LogP contribution in [0.5, 0.6) is 0 Å². The van der Waals surface area contributed by atoms with Gasteiger partial charge in [0.15, 0.2) is 11.8 Å². The maximum absolute atomic E-state index is 13.2. The molecule has 0 fully saturated rings. The van der Waals surface area contributed by atoms with Crippen molar-refractivity contribution in [2.24, 2.45) is 10.7 Å². The molecule has 0 amide bonds. The fourth-order valence-corrected chi connectivity index (χ4v) is 3.28. The number of hydrogen-bond acceptors (Lipinski definition) is 4. The lowest BCUT2D eigenvalue weighted by molar-refractivity contribution is 0.628. The van der Waals surface area contributed by atoms with E-state index in [0.29, 0.717) is 11.5 Å². The summed E-state index contributed by atoms with van der Waals surface area (Å²) in [7, 11) is 0. The Bertz CT molecular complexity index is 1040. The summed E-state index contributed by atoms with van der Waals surface area (Å²) in [6.45, 7) is 0. The first kappa shape index (κ1) is 21.4. The van der Waals surface area contributed by atoms with Gasteiger partial charge in [0.2, 0.25) is 0 Å². The molecular weight excluding hydrogens is 402 g/mol. The van der Waals surface area contributed by atoms with Crippen molar-refractivity contribution in [2.75, 3.05) is 5.73 Å². The summed E-state index contributed by atoms with van der Waals surface area (Å²) in [6.07, 6.45) is 1.50. The molecule has 6 nitrogen and oxygen atoms in total. The fraction of sp³-hybridized carbons (Fsp3) is 0.105. The number of anilines is 1. The largest absolute Gasteiger partial charge is 0.384 e. The number of nitrogens with zero attached hydrogens (tertiary/aromatic N) is 2. The standard InChI is InChI=1S/C19H17FN6.2ClH/c20-11-6-4-10(5-7-11)16-18(26-19(23)25-16)24-15-9-8-12-13(15)2-1-3-14(12)17(21)22;;/h1-7H,8-9H2,(H3,21,22)(H3,23,25,26);2*1H. The SMILES string of the molecule is Cl.Cl.N=C(N)c1cccc2c1CCC2=Nc1nc(N)[nH]c1-c1ccc(F)cc1. The number of amidine groups is 1. The Kier molecular flexibility index (Phi) is 6.43. The number of imidazole rings is 1. The normalized spacial score (nSPS) is 13.5. The molecule has 2 aromatic carbocycles. The van der Waals surface area contributed by atoms with Crippen molar-refractivity contribution in [2.45, 2.75) is 12.8 Å². The lowest BCUT2D eigenvalue weighted by Gasteiger charge is -2.06. The molecule has 0 saturated carbocycles. The van der Waals surface area contributed by atoms with Gasteiger partial charge < -0.3 is 16.5 Å². The number of nitrogens with two attached hydrogens (primary N) is 2. The average Bonchev–Trinajstić information content (AvgIpc) is 3.19. The highest BCUT2D eigenvalue weighted by Crippen LogP contribution is 2.32. The smallest absolute Gasteiger partial charge is 0.200 e. The molecule has 9 heteroatoms. The van der Waals surface area contributed by atoms with Crippen LogP contribution in [0.3, 0.4) is 0 Å². The van der Waals surface area contributed by atoms with Gasteiger partial charge in [-0.1, -0.05) is 18.2 Å². The maximum atomic E-state index is 13.2. The zero-order valence-corrected chi connectivity index (χ0v) is 16.3. The highest BCUT2D eigenvalue weighted by atomic mass is 35.5. The van der Waals surface area contributed by atoms with Gasteiger partial charge in [-0.3, -0.25) is 5.41 Å². The van der Waals surface area contributed by atoms with Crippen molar-refractivity contribution in [1.82, 2.24) is 9.97 Å². The fourth-order valence-electron chi connectivity index (χ4n) is 3.28. The average molecular weight is 421 g/mol. The maximum Gasteiger partial charge on any atom is 0.200 e. The van der Waals surface area contributed by atoms with E-state index in [4.69, 9.17) is 21.9 Å². The number of hydrogen-bond donors (Lipinski definition) is 4. The Morgan fingerprint density at radius 2 is 1.82 bits per heavy atom. The summed E-state index contributed by atoms with van der Waals surface area (Å²) in [4.78, 5) is 12.0. The second-order valence-electron chi connectivity index (χ2n) is 6.13. The number of halogens is 3. The van der Waals surface area contributed by atoms with Crippen molar-refractivity contribution in [1.29, 1.82) is 5.41 Å². The van der Waals surface area contributed by atoms with Crippen molar-refractivity contribution in [3.05, 3.63) is 65.0 Å². The van der Waals surface area contributed by atoms with Crippen LogP contribution in [0.2, 0.25) is 0 Å². The molecule has 6 N–H and O–H groups in total. The van der Waals surface area contributed by atoms with E-state index in [1.54, 1.807) is 12.1 Å². The molecule has 1 heterocycles. The Morgan fingerprint density at radius 3 is 2.50 bits per heavy atom. The summed E-state index contributed by atoms with van der Waals surface area (Å²) < 4.78 is 13.2. The number of fused-ring (bicyclic) bond motifs is 1. The first-order chi connectivity index (χ1) is 12.5. The third-order valence-corrected chi connectivity index (χ3v) is 4.47. The van der Waals surface area contributed by atoms with E-state index >= 15 is 0 Å². The van der Waals surface area contributed by atoms with Crippen LogP contribution in [-0.4, -0.2) is 21.5 Å². The predicted octanol–water partition coefficient (Wildman–Crippen LogP) is 3.99. The lowest BCUT2D eigenvalue weighted by Crippen LogP contribution is -2.13. The summed E-state index contributed by atoms with van der Waals surface area (Å²) in [5, 5.41) is 7.73. The van der Waals surface area contributed by atoms with Gasteiger partial charge in [-0.05, 0) is 48.2 Å². The minimum atomic E-state index is -0.310. The number of H-pyrrole nitrogens is 1.